The molecule has 1 amide bonds. The largest absolute Gasteiger partial charge is 0.481 e. The molecule has 0 aliphatic heterocycles. The van der Waals surface area contributed by atoms with Gasteiger partial charge in [0, 0.05) is 8.95 Å². The van der Waals surface area contributed by atoms with E-state index in [1.54, 1.807) is 0 Å². The third-order valence-electron chi connectivity index (χ3n) is 3.89. The number of carboxylic acid groups (broad SMARTS) is 1. The lowest BCUT2D eigenvalue weighted by Gasteiger charge is -2.17. The Bertz CT molecular complexity index is 565. The second kappa shape index (κ2) is 6.48. The van der Waals surface area contributed by atoms with Crippen LogP contribution in [0.15, 0.2) is 21.1 Å². The van der Waals surface area contributed by atoms with Crippen LogP contribution in [0.1, 0.15) is 25.3 Å². The van der Waals surface area contributed by atoms with Crippen molar-refractivity contribution in [3.05, 3.63) is 26.6 Å². The summed E-state index contributed by atoms with van der Waals surface area (Å²) in [6.45, 7) is 3.95. The smallest absolute Gasteiger partial charge is 0.307 e. The molecule has 2 rings (SSSR count). The van der Waals surface area contributed by atoms with E-state index in [9.17, 15) is 14.7 Å². The molecular weight excluding hydrogens is 402 g/mol. The molecule has 0 saturated heterocycles. The molecule has 0 spiro atoms. The molecule has 1 fully saturated rings. The van der Waals surface area contributed by atoms with Crippen LogP contribution in [0.25, 0.3) is 0 Å². The van der Waals surface area contributed by atoms with Gasteiger partial charge < -0.3 is 10.4 Å². The summed E-state index contributed by atoms with van der Waals surface area (Å²) in [4.78, 5) is 23.7. The minimum absolute atomic E-state index is 0.225. The van der Waals surface area contributed by atoms with Crippen molar-refractivity contribution in [2.45, 2.75) is 26.7 Å². The van der Waals surface area contributed by atoms with Crippen LogP contribution in [0.4, 0.5) is 5.69 Å². The van der Waals surface area contributed by atoms with Crippen molar-refractivity contribution in [2.75, 3.05) is 5.32 Å². The zero-order valence-electron chi connectivity index (χ0n) is 11.8. The second-order valence-electron chi connectivity index (χ2n) is 5.72. The fraction of sp³-hybridized carbons (Fsp3) is 0.467. The van der Waals surface area contributed by atoms with Crippen LogP contribution in [0.5, 0.6) is 0 Å². The molecular formula is C15H17Br2NO3. The van der Waals surface area contributed by atoms with Crippen LogP contribution < -0.4 is 5.32 Å². The van der Waals surface area contributed by atoms with Gasteiger partial charge in [-0.15, -0.1) is 0 Å². The average molecular weight is 419 g/mol. The number of anilines is 1. The van der Waals surface area contributed by atoms with Crippen molar-refractivity contribution < 1.29 is 14.7 Å². The Kier molecular flexibility index (Phi) is 5.09. The van der Waals surface area contributed by atoms with Gasteiger partial charge in [-0.25, -0.2) is 0 Å². The Morgan fingerprint density at radius 2 is 1.71 bits per heavy atom. The molecule has 3 atom stereocenters. The van der Waals surface area contributed by atoms with E-state index in [2.05, 4.69) is 37.2 Å². The molecule has 0 aromatic heterocycles. The predicted molar refractivity (Wildman–Crippen MR) is 88.2 cm³/mol. The van der Waals surface area contributed by atoms with Gasteiger partial charge in [-0.1, -0.05) is 6.92 Å². The number of halogens is 2. The number of aliphatic carboxylic acids is 1. The number of hydrogen-bond acceptors (Lipinski definition) is 2. The van der Waals surface area contributed by atoms with E-state index in [1.807, 2.05) is 26.0 Å². The monoisotopic (exact) mass is 417 g/mol. The summed E-state index contributed by atoms with van der Waals surface area (Å²) >= 11 is 6.86. The zero-order valence-corrected chi connectivity index (χ0v) is 15.0. The van der Waals surface area contributed by atoms with Crippen LogP contribution in [0, 0.1) is 24.7 Å². The first-order chi connectivity index (χ1) is 9.79. The first-order valence-corrected chi connectivity index (χ1v) is 8.37. The van der Waals surface area contributed by atoms with E-state index in [0.717, 1.165) is 14.5 Å². The van der Waals surface area contributed by atoms with E-state index in [4.69, 9.17) is 0 Å². The molecule has 1 aromatic carbocycles. The van der Waals surface area contributed by atoms with E-state index >= 15 is 0 Å². The van der Waals surface area contributed by atoms with Crippen molar-refractivity contribution in [3.8, 4) is 0 Å². The van der Waals surface area contributed by atoms with Crippen molar-refractivity contribution in [1.82, 2.24) is 0 Å². The van der Waals surface area contributed by atoms with E-state index in [0.29, 0.717) is 18.5 Å². The minimum Gasteiger partial charge on any atom is -0.481 e. The van der Waals surface area contributed by atoms with Crippen molar-refractivity contribution in [1.29, 1.82) is 0 Å². The third kappa shape index (κ3) is 3.66. The maximum atomic E-state index is 12.4. The lowest BCUT2D eigenvalue weighted by molar-refractivity contribution is -0.145. The summed E-state index contributed by atoms with van der Waals surface area (Å²) in [5.41, 5.74) is 1.71. The maximum absolute atomic E-state index is 12.4. The molecule has 21 heavy (non-hydrogen) atoms. The Balaban J connectivity index is 2.20. The molecule has 1 aromatic rings. The molecule has 1 saturated carbocycles. The fourth-order valence-corrected chi connectivity index (χ4v) is 4.50. The molecule has 0 bridgehead atoms. The molecule has 114 valence electrons. The number of rotatable bonds is 3. The molecule has 6 heteroatoms. The molecule has 4 nitrogen and oxygen atoms in total. The number of aryl methyl sites for hydroxylation is 1. The number of carboxylic acids is 1. The van der Waals surface area contributed by atoms with Crippen LogP contribution in [0.2, 0.25) is 0 Å². The highest BCUT2D eigenvalue weighted by molar-refractivity contribution is 9.11. The Labute approximate surface area is 140 Å². The summed E-state index contributed by atoms with van der Waals surface area (Å²) in [7, 11) is 0. The second-order valence-corrected chi connectivity index (χ2v) is 7.43. The molecule has 3 unspecified atom stereocenters. The van der Waals surface area contributed by atoms with Gasteiger partial charge in [-0.3, -0.25) is 9.59 Å². The van der Waals surface area contributed by atoms with Crippen molar-refractivity contribution >= 4 is 49.4 Å². The van der Waals surface area contributed by atoms with Gasteiger partial charge >= 0.3 is 5.97 Å². The first-order valence-electron chi connectivity index (χ1n) is 6.79. The van der Waals surface area contributed by atoms with Crippen LogP contribution in [-0.2, 0) is 9.59 Å². The molecule has 1 aliphatic rings. The number of benzene rings is 1. The van der Waals surface area contributed by atoms with Gasteiger partial charge in [0.15, 0.2) is 0 Å². The van der Waals surface area contributed by atoms with E-state index < -0.39 is 17.8 Å². The Morgan fingerprint density at radius 3 is 2.24 bits per heavy atom. The predicted octanol–water partition coefficient (Wildman–Crippen LogP) is 4.21. The number of nitrogens with one attached hydrogen (secondary N) is 1. The lowest BCUT2D eigenvalue weighted by atomic mass is 9.95. The quantitative estimate of drug-likeness (QED) is 0.772. The highest BCUT2D eigenvalue weighted by Crippen LogP contribution is 2.39. The number of hydrogen-bond donors (Lipinski definition) is 2. The molecule has 0 heterocycles. The van der Waals surface area contributed by atoms with Gasteiger partial charge in [-0.05, 0) is 75.2 Å². The first kappa shape index (κ1) is 16.5. The summed E-state index contributed by atoms with van der Waals surface area (Å²) in [5, 5.41) is 12.1. The van der Waals surface area contributed by atoms with E-state index in [-0.39, 0.29) is 11.8 Å². The van der Waals surface area contributed by atoms with Gasteiger partial charge in [-0.2, -0.15) is 0 Å². The average Bonchev–Trinajstić information content (AvgIpc) is 2.76. The SMILES string of the molecule is Cc1cc(Br)c(NC(=O)C2CC(C)CC2C(=O)O)c(Br)c1. The Hall–Kier alpha value is -0.880. The number of carbonyl (C=O) groups excluding carboxylic acids is 1. The maximum Gasteiger partial charge on any atom is 0.307 e. The van der Waals surface area contributed by atoms with E-state index in [1.165, 1.54) is 0 Å². The minimum atomic E-state index is -0.887. The van der Waals surface area contributed by atoms with Crippen molar-refractivity contribution in [3.63, 3.8) is 0 Å². The number of carbonyl (C=O) groups is 2. The summed E-state index contributed by atoms with van der Waals surface area (Å²) < 4.78 is 1.56. The molecule has 2 N–H and O–H groups in total. The van der Waals surface area contributed by atoms with Crippen LogP contribution in [0.3, 0.4) is 0 Å². The standard InChI is InChI=1S/C15H17Br2NO3/c1-7-3-9(10(4-7)15(20)21)14(19)18-13-11(16)5-8(2)6-12(13)17/h5-7,9-10H,3-4H2,1-2H3,(H,18,19)(H,20,21). The third-order valence-corrected chi connectivity index (χ3v) is 5.14. The summed E-state index contributed by atoms with van der Waals surface area (Å²) in [6.07, 6.45) is 1.17. The zero-order chi connectivity index (χ0) is 15.7. The summed E-state index contributed by atoms with van der Waals surface area (Å²) in [6, 6.07) is 3.82. The highest BCUT2D eigenvalue weighted by atomic mass is 79.9. The lowest BCUT2D eigenvalue weighted by Crippen LogP contribution is -2.30. The van der Waals surface area contributed by atoms with Crippen LogP contribution >= 0.6 is 31.9 Å². The van der Waals surface area contributed by atoms with Gasteiger partial charge in [0.05, 0.1) is 17.5 Å². The highest BCUT2D eigenvalue weighted by Gasteiger charge is 2.41. The van der Waals surface area contributed by atoms with Gasteiger partial charge in [0.1, 0.15) is 0 Å². The van der Waals surface area contributed by atoms with Crippen molar-refractivity contribution in [2.24, 2.45) is 17.8 Å². The normalized spacial score (nSPS) is 24.9. The Morgan fingerprint density at radius 1 is 1.19 bits per heavy atom. The topological polar surface area (TPSA) is 66.4 Å². The molecule has 0 radical (unpaired) electrons. The fourth-order valence-electron chi connectivity index (χ4n) is 2.89. The molecule has 1 aliphatic carbocycles. The summed E-state index contributed by atoms with van der Waals surface area (Å²) in [5.74, 6) is -1.93. The van der Waals surface area contributed by atoms with Crippen LogP contribution in [-0.4, -0.2) is 17.0 Å². The number of amides is 1. The van der Waals surface area contributed by atoms with Gasteiger partial charge in [0.25, 0.3) is 0 Å². The van der Waals surface area contributed by atoms with Gasteiger partial charge in [0.2, 0.25) is 5.91 Å².